The van der Waals surface area contributed by atoms with Crippen molar-refractivity contribution in [3.63, 3.8) is 0 Å². The number of hydrogen-bond donors (Lipinski definition) is 2. The molecule has 0 spiro atoms. The van der Waals surface area contributed by atoms with Crippen molar-refractivity contribution in [2.24, 2.45) is 5.92 Å². The lowest BCUT2D eigenvalue weighted by Gasteiger charge is -2.36. The van der Waals surface area contributed by atoms with Gasteiger partial charge in [-0.2, -0.15) is 0 Å². The zero-order valence-electron chi connectivity index (χ0n) is 17.3. The first-order valence-corrected chi connectivity index (χ1v) is 12.2. The van der Waals surface area contributed by atoms with Gasteiger partial charge in [-0.1, -0.05) is 37.3 Å². The molecular weight excluding hydrogens is 392 g/mol. The summed E-state index contributed by atoms with van der Waals surface area (Å²) in [4.78, 5) is 13.1. The summed E-state index contributed by atoms with van der Waals surface area (Å²) in [5, 5.41) is 9.61. The third kappa shape index (κ3) is 5.49. The molecule has 1 aliphatic carbocycles. The van der Waals surface area contributed by atoms with Crippen LogP contribution in [0.25, 0.3) is 0 Å². The number of carbonyl (C=O) groups is 1. The second kappa shape index (κ2) is 9.02. The number of nitrogens with zero attached hydrogens (tertiary/aromatic N) is 1. The molecule has 0 aromatic heterocycles. The molecule has 0 bridgehead atoms. The number of carboxylic acid groups (broad SMARTS) is 1. The van der Waals surface area contributed by atoms with Crippen LogP contribution in [0, 0.1) is 5.92 Å². The van der Waals surface area contributed by atoms with Crippen molar-refractivity contribution in [3.05, 3.63) is 35.9 Å². The summed E-state index contributed by atoms with van der Waals surface area (Å²) in [5.74, 6) is 0.875. The van der Waals surface area contributed by atoms with Crippen molar-refractivity contribution in [2.45, 2.75) is 69.7 Å². The maximum absolute atomic E-state index is 11.7. The molecule has 3 unspecified atom stereocenters. The lowest BCUT2D eigenvalue weighted by atomic mass is 9.77. The topological polar surface area (TPSA) is 95.9 Å². The summed E-state index contributed by atoms with van der Waals surface area (Å²) < 4.78 is 32.2. The van der Waals surface area contributed by atoms with E-state index in [1.165, 1.54) is 10.5 Å². The predicted molar refractivity (Wildman–Crippen MR) is 111 cm³/mol. The van der Waals surface area contributed by atoms with E-state index in [0.29, 0.717) is 18.3 Å². The summed E-state index contributed by atoms with van der Waals surface area (Å²) in [6.45, 7) is 4.19. The maximum atomic E-state index is 11.7. The highest BCUT2D eigenvalue weighted by Crippen LogP contribution is 2.38. The number of hydrogen-bond acceptors (Lipinski definition) is 4. The van der Waals surface area contributed by atoms with E-state index in [-0.39, 0.29) is 18.8 Å². The van der Waals surface area contributed by atoms with Gasteiger partial charge in [0.05, 0.1) is 25.0 Å². The fourth-order valence-corrected chi connectivity index (χ4v) is 5.76. The van der Waals surface area contributed by atoms with Crippen LogP contribution in [-0.4, -0.2) is 61.6 Å². The predicted octanol–water partition coefficient (Wildman–Crippen LogP) is 3.03. The first kappa shape index (κ1) is 22.1. The minimum atomic E-state index is -3.43. The standard InChI is InChI=1S/C21H32N2O5S/c1-14-11-17(16-7-5-4-6-8-16)9-10-20(14)28-13-19-18(22-29(3,26)27)12-15(2)23(19)21(24)25/h4-8,14-15,17-20,22H,9-13H2,1-3H3,(H,24,25)/t14?,15-,17?,18+,19+,20?/m1/s1. The Hall–Kier alpha value is -1.64. The summed E-state index contributed by atoms with van der Waals surface area (Å²) in [6.07, 6.45) is 3.55. The van der Waals surface area contributed by atoms with Crippen molar-refractivity contribution in [3.8, 4) is 0 Å². The molecule has 1 saturated carbocycles. The Morgan fingerprint density at radius 3 is 2.48 bits per heavy atom. The lowest BCUT2D eigenvalue weighted by molar-refractivity contribution is -0.0330. The lowest BCUT2D eigenvalue weighted by Crippen LogP contribution is -2.50. The summed E-state index contributed by atoms with van der Waals surface area (Å²) in [7, 11) is -3.43. The molecule has 1 aliphatic heterocycles. The average Bonchev–Trinajstić information content (AvgIpc) is 2.94. The van der Waals surface area contributed by atoms with E-state index in [0.717, 1.165) is 25.5 Å². The minimum absolute atomic E-state index is 0.0559. The van der Waals surface area contributed by atoms with Crippen LogP contribution in [0.2, 0.25) is 0 Å². The summed E-state index contributed by atoms with van der Waals surface area (Å²) in [5.41, 5.74) is 1.36. The van der Waals surface area contributed by atoms with Crippen LogP contribution in [0.15, 0.2) is 30.3 Å². The fourth-order valence-electron chi connectivity index (χ4n) is 4.95. The monoisotopic (exact) mass is 424 g/mol. The highest BCUT2D eigenvalue weighted by atomic mass is 32.2. The molecule has 6 atom stereocenters. The van der Waals surface area contributed by atoms with E-state index >= 15 is 0 Å². The molecule has 3 rings (SSSR count). The molecule has 1 aromatic rings. The zero-order chi connectivity index (χ0) is 21.2. The summed E-state index contributed by atoms with van der Waals surface area (Å²) >= 11 is 0. The molecule has 29 heavy (non-hydrogen) atoms. The molecule has 0 radical (unpaired) electrons. The Balaban J connectivity index is 1.62. The highest BCUT2D eigenvalue weighted by molar-refractivity contribution is 7.88. The number of nitrogens with one attached hydrogen (secondary N) is 1. The van der Waals surface area contributed by atoms with Gasteiger partial charge in [-0.05, 0) is 50.0 Å². The van der Waals surface area contributed by atoms with Crippen LogP contribution >= 0.6 is 0 Å². The molecule has 2 N–H and O–H groups in total. The second-order valence-corrected chi connectivity index (χ2v) is 10.4. The Labute approximate surface area is 173 Å². The number of amides is 1. The van der Waals surface area contributed by atoms with Crippen LogP contribution in [0.3, 0.4) is 0 Å². The molecule has 162 valence electrons. The summed E-state index contributed by atoms with van der Waals surface area (Å²) in [6, 6.07) is 9.27. The first-order chi connectivity index (χ1) is 13.7. The Morgan fingerprint density at radius 2 is 1.90 bits per heavy atom. The smallest absolute Gasteiger partial charge is 0.407 e. The van der Waals surface area contributed by atoms with Gasteiger partial charge in [0.15, 0.2) is 0 Å². The Bertz CT molecular complexity index is 801. The quantitative estimate of drug-likeness (QED) is 0.732. The third-order valence-electron chi connectivity index (χ3n) is 6.32. The largest absolute Gasteiger partial charge is 0.465 e. The van der Waals surface area contributed by atoms with Gasteiger partial charge in [0, 0.05) is 12.1 Å². The van der Waals surface area contributed by atoms with E-state index in [1.54, 1.807) is 6.92 Å². The van der Waals surface area contributed by atoms with E-state index in [1.807, 2.05) is 6.07 Å². The number of rotatable bonds is 6. The van der Waals surface area contributed by atoms with Crippen molar-refractivity contribution < 1.29 is 23.1 Å². The van der Waals surface area contributed by atoms with Gasteiger partial charge in [0.2, 0.25) is 10.0 Å². The van der Waals surface area contributed by atoms with E-state index in [4.69, 9.17) is 4.74 Å². The highest BCUT2D eigenvalue weighted by Gasteiger charge is 2.44. The molecule has 7 nitrogen and oxygen atoms in total. The number of benzene rings is 1. The van der Waals surface area contributed by atoms with Gasteiger partial charge < -0.3 is 9.84 Å². The number of likely N-dealkylation sites (tertiary alicyclic amines) is 1. The van der Waals surface area contributed by atoms with Crippen molar-refractivity contribution >= 4 is 16.1 Å². The van der Waals surface area contributed by atoms with Gasteiger partial charge in [0.1, 0.15) is 0 Å². The molecule has 1 aromatic carbocycles. The SMILES string of the molecule is CC1CC(c2ccccc2)CCC1OC[C@H]1[C@@H](NS(C)(=O)=O)C[C@@H](C)N1C(=O)O. The number of sulfonamides is 1. The van der Waals surface area contributed by atoms with Gasteiger partial charge >= 0.3 is 6.09 Å². The second-order valence-electron chi connectivity index (χ2n) is 8.61. The Morgan fingerprint density at radius 1 is 1.21 bits per heavy atom. The van der Waals surface area contributed by atoms with E-state index < -0.39 is 28.2 Å². The average molecular weight is 425 g/mol. The van der Waals surface area contributed by atoms with Gasteiger partial charge in [-0.25, -0.2) is 17.9 Å². The van der Waals surface area contributed by atoms with Crippen LogP contribution in [0.1, 0.15) is 51.0 Å². The molecule has 1 heterocycles. The van der Waals surface area contributed by atoms with Crippen LogP contribution in [0.5, 0.6) is 0 Å². The van der Waals surface area contributed by atoms with E-state index in [2.05, 4.69) is 35.9 Å². The molecule has 2 fully saturated rings. The minimum Gasteiger partial charge on any atom is -0.465 e. The van der Waals surface area contributed by atoms with Crippen molar-refractivity contribution in [1.29, 1.82) is 0 Å². The molecule has 1 saturated heterocycles. The molecule has 8 heteroatoms. The molecular formula is C21H32N2O5S. The van der Waals surface area contributed by atoms with Crippen molar-refractivity contribution in [1.82, 2.24) is 9.62 Å². The van der Waals surface area contributed by atoms with Gasteiger partial charge in [-0.15, -0.1) is 0 Å². The molecule has 2 aliphatic rings. The molecule has 1 amide bonds. The van der Waals surface area contributed by atoms with Gasteiger partial charge in [0.25, 0.3) is 0 Å². The van der Waals surface area contributed by atoms with Crippen LogP contribution in [0.4, 0.5) is 4.79 Å². The third-order valence-corrected chi connectivity index (χ3v) is 7.05. The van der Waals surface area contributed by atoms with Crippen LogP contribution < -0.4 is 4.72 Å². The first-order valence-electron chi connectivity index (χ1n) is 10.3. The normalized spacial score (nSPS) is 33.0. The van der Waals surface area contributed by atoms with Crippen LogP contribution in [-0.2, 0) is 14.8 Å². The number of ether oxygens (including phenoxy) is 1. The Kier molecular flexibility index (Phi) is 6.86. The van der Waals surface area contributed by atoms with Crippen molar-refractivity contribution in [2.75, 3.05) is 12.9 Å². The van der Waals surface area contributed by atoms with Gasteiger partial charge in [-0.3, -0.25) is 4.90 Å². The van der Waals surface area contributed by atoms with E-state index in [9.17, 15) is 18.3 Å². The fraction of sp³-hybridized carbons (Fsp3) is 0.667. The maximum Gasteiger partial charge on any atom is 0.407 e. The zero-order valence-corrected chi connectivity index (χ0v) is 18.1.